The van der Waals surface area contributed by atoms with Crippen molar-refractivity contribution in [3.63, 3.8) is 0 Å². The van der Waals surface area contributed by atoms with Crippen LogP contribution in [0.5, 0.6) is 0 Å². The number of pyridine rings is 1. The number of hydrogen-bond acceptors (Lipinski definition) is 2. The Hall–Kier alpha value is -2.65. The summed E-state index contributed by atoms with van der Waals surface area (Å²) in [5, 5.41) is 0.371. The highest BCUT2D eigenvalue weighted by atomic mass is 35.5. The number of carbonyl (C=O) groups excluding carboxylic acids is 1. The van der Waals surface area contributed by atoms with Gasteiger partial charge in [0.05, 0.1) is 12.1 Å². The standard InChI is InChI=1S/C19H15ClN2O/c20-18-12-11-16(13-21-18)19(23)22(17-9-5-2-6-10-17)14-15-7-3-1-4-8-15/h1-13H,14H2. The van der Waals surface area contributed by atoms with Gasteiger partial charge in [-0.15, -0.1) is 0 Å². The van der Waals surface area contributed by atoms with Gasteiger partial charge in [-0.05, 0) is 29.8 Å². The Balaban J connectivity index is 1.94. The minimum atomic E-state index is -0.107. The van der Waals surface area contributed by atoms with Gasteiger partial charge in [0.15, 0.2) is 0 Å². The Bertz CT molecular complexity index is 773. The van der Waals surface area contributed by atoms with Crippen molar-refractivity contribution >= 4 is 23.2 Å². The number of para-hydroxylation sites is 1. The van der Waals surface area contributed by atoms with Gasteiger partial charge in [0.25, 0.3) is 5.91 Å². The number of halogens is 1. The fourth-order valence-corrected chi connectivity index (χ4v) is 2.42. The van der Waals surface area contributed by atoms with E-state index in [1.165, 1.54) is 6.20 Å². The molecule has 0 aliphatic carbocycles. The SMILES string of the molecule is O=C(c1ccc(Cl)nc1)N(Cc1ccccc1)c1ccccc1. The van der Waals surface area contributed by atoms with Crippen LogP contribution in [0.2, 0.25) is 5.15 Å². The van der Waals surface area contributed by atoms with Gasteiger partial charge in [0.1, 0.15) is 5.15 Å². The Kier molecular flexibility index (Phi) is 4.69. The quantitative estimate of drug-likeness (QED) is 0.659. The van der Waals surface area contributed by atoms with Gasteiger partial charge in [0, 0.05) is 11.9 Å². The fraction of sp³-hybridized carbons (Fsp3) is 0.0526. The van der Waals surface area contributed by atoms with Crippen molar-refractivity contribution in [2.75, 3.05) is 4.90 Å². The van der Waals surface area contributed by atoms with Crippen LogP contribution < -0.4 is 4.90 Å². The summed E-state index contributed by atoms with van der Waals surface area (Å²) >= 11 is 5.81. The predicted molar refractivity (Wildman–Crippen MR) is 92.6 cm³/mol. The molecule has 3 nitrogen and oxygen atoms in total. The normalized spacial score (nSPS) is 10.3. The van der Waals surface area contributed by atoms with Crippen molar-refractivity contribution < 1.29 is 4.79 Å². The largest absolute Gasteiger partial charge is 0.304 e. The molecule has 114 valence electrons. The number of rotatable bonds is 4. The maximum atomic E-state index is 12.9. The molecular weight excluding hydrogens is 308 g/mol. The third-order valence-corrected chi connectivity index (χ3v) is 3.69. The summed E-state index contributed by atoms with van der Waals surface area (Å²) in [5.74, 6) is -0.107. The number of nitrogens with zero attached hydrogens (tertiary/aromatic N) is 2. The van der Waals surface area contributed by atoms with Crippen molar-refractivity contribution in [3.8, 4) is 0 Å². The molecule has 0 N–H and O–H groups in total. The summed E-state index contributed by atoms with van der Waals surface area (Å²) < 4.78 is 0. The second kappa shape index (κ2) is 7.07. The molecule has 0 radical (unpaired) electrons. The molecule has 3 rings (SSSR count). The minimum absolute atomic E-state index is 0.107. The molecule has 1 aromatic heterocycles. The molecule has 0 bridgehead atoms. The van der Waals surface area contributed by atoms with E-state index in [0.29, 0.717) is 17.3 Å². The molecule has 23 heavy (non-hydrogen) atoms. The monoisotopic (exact) mass is 322 g/mol. The number of carbonyl (C=O) groups is 1. The lowest BCUT2D eigenvalue weighted by Crippen LogP contribution is -2.30. The summed E-state index contributed by atoms with van der Waals surface area (Å²) in [6.45, 7) is 0.492. The lowest BCUT2D eigenvalue weighted by atomic mass is 10.1. The zero-order valence-corrected chi connectivity index (χ0v) is 13.1. The number of benzene rings is 2. The van der Waals surface area contributed by atoms with Crippen LogP contribution in [0, 0.1) is 0 Å². The Morgan fingerprint density at radius 1 is 0.913 bits per heavy atom. The van der Waals surface area contributed by atoms with Gasteiger partial charge < -0.3 is 4.90 Å². The van der Waals surface area contributed by atoms with Crippen LogP contribution in [0.15, 0.2) is 79.0 Å². The van der Waals surface area contributed by atoms with Gasteiger partial charge in [-0.3, -0.25) is 4.79 Å². The lowest BCUT2D eigenvalue weighted by molar-refractivity contribution is 0.0985. The summed E-state index contributed by atoms with van der Waals surface area (Å²) in [4.78, 5) is 18.6. The zero-order chi connectivity index (χ0) is 16.1. The second-order valence-corrected chi connectivity index (χ2v) is 5.47. The molecule has 4 heteroatoms. The number of anilines is 1. The van der Waals surface area contributed by atoms with Crippen LogP contribution in [0.4, 0.5) is 5.69 Å². The van der Waals surface area contributed by atoms with Gasteiger partial charge in [-0.1, -0.05) is 60.1 Å². The first-order valence-electron chi connectivity index (χ1n) is 7.26. The van der Waals surface area contributed by atoms with E-state index in [1.54, 1.807) is 17.0 Å². The first-order valence-corrected chi connectivity index (χ1v) is 7.64. The lowest BCUT2D eigenvalue weighted by Gasteiger charge is -2.23. The van der Waals surface area contributed by atoms with E-state index < -0.39 is 0 Å². The van der Waals surface area contributed by atoms with E-state index in [-0.39, 0.29) is 5.91 Å². The smallest absolute Gasteiger partial charge is 0.260 e. The third kappa shape index (κ3) is 3.76. The van der Waals surface area contributed by atoms with E-state index in [2.05, 4.69) is 4.98 Å². The molecule has 0 saturated heterocycles. The summed E-state index contributed by atoms with van der Waals surface area (Å²) in [5.41, 5.74) is 2.41. The molecule has 2 aromatic carbocycles. The number of hydrogen-bond donors (Lipinski definition) is 0. The van der Waals surface area contributed by atoms with E-state index in [0.717, 1.165) is 11.3 Å². The average molecular weight is 323 g/mol. The highest BCUT2D eigenvalue weighted by Crippen LogP contribution is 2.20. The van der Waals surface area contributed by atoms with Crippen molar-refractivity contribution in [1.29, 1.82) is 0 Å². The number of amides is 1. The molecule has 0 spiro atoms. The Morgan fingerprint density at radius 3 is 2.17 bits per heavy atom. The second-order valence-electron chi connectivity index (χ2n) is 5.08. The predicted octanol–water partition coefficient (Wildman–Crippen LogP) is 4.58. The first kappa shape index (κ1) is 15.3. The molecular formula is C19H15ClN2O. The summed E-state index contributed by atoms with van der Waals surface area (Å²) in [6.07, 6.45) is 1.51. The topological polar surface area (TPSA) is 33.2 Å². The Labute approximate surface area is 140 Å². The van der Waals surface area contributed by atoms with E-state index in [4.69, 9.17) is 11.6 Å². The van der Waals surface area contributed by atoms with Crippen LogP contribution in [-0.2, 0) is 6.54 Å². The maximum Gasteiger partial charge on any atom is 0.260 e. The van der Waals surface area contributed by atoms with Gasteiger partial charge in [-0.25, -0.2) is 4.98 Å². The fourth-order valence-electron chi connectivity index (χ4n) is 2.31. The van der Waals surface area contributed by atoms with E-state index in [1.807, 2.05) is 60.7 Å². The highest BCUT2D eigenvalue weighted by Gasteiger charge is 2.18. The molecule has 0 fully saturated rings. The number of aromatic nitrogens is 1. The molecule has 1 heterocycles. The van der Waals surface area contributed by atoms with Crippen molar-refractivity contribution in [2.45, 2.75) is 6.54 Å². The van der Waals surface area contributed by atoms with Crippen molar-refractivity contribution in [3.05, 3.63) is 95.3 Å². The average Bonchev–Trinajstić information content (AvgIpc) is 2.61. The van der Waals surface area contributed by atoms with Gasteiger partial charge in [-0.2, -0.15) is 0 Å². The van der Waals surface area contributed by atoms with E-state index >= 15 is 0 Å². The van der Waals surface area contributed by atoms with Crippen LogP contribution in [0.3, 0.4) is 0 Å². The Morgan fingerprint density at radius 2 is 1.57 bits per heavy atom. The summed E-state index contributed by atoms with van der Waals surface area (Å²) in [7, 11) is 0. The van der Waals surface area contributed by atoms with Crippen molar-refractivity contribution in [1.82, 2.24) is 4.98 Å². The van der Waals surface area contributed by atoms with Gasteiger partial charge >= 0.3 is 0 Å². The van der Waals surface area contributed by atoms with Gasteiger partial charge in [0.2, 0.25) is 0 Å². The van der Waals surface area contributed by atoms with Crippen LogP contribution in [0.25, 0.3) is 0 Å². The summed E-state index contributed by atoms with van der Waals surface area (Å²) in [6, 6.07) is 22.8. The van der Waals surface area contributed by atoms with Crippen LogP contribution >= 0.6 is 11.6 Å². The molecule has 0 aliphatic heterocycles. The van der Waals surface area contributed by atoms with E-state index in [9.17, 15) is 4.79 Å². The molecule has 0 aliphatic rings. The maximum absolute atomic E-state index is 12.9. The van der Waals surface area contributed by atoms with Crippen molar-refractivity contribution in [2.24, 2.45) is 0 Å². The molecule has 3 aromatic rings. The minimum Gasteiger partial charge on any atom is -0.304 e. The van der Waals surface area contributed by atoms with Crippen LogP contribution in [-0.4, -0.2) is 10.9 Å². The molecule has 0 unspecified atom stereocenters. The zero-order valence-electron chi connectivity index (χ0n) is 12.4. The first-order chi connectivity index (χ1) is 11.2. The van der Waals surface area contributed by atoms with Crippen LogP contribution in [0.1, 0.15) is 15.9 Å². The molecule has 0 saturated carbocycles. The third-order valence-electron chi connectivity index (χ3n) is 3.47. The highest BCUT2D eigenvalue weighted by molar-refractivity contribution is 6.29. The molecule has 1 amide bonds. The molecule has 0 atom stereocenters.